The molecule has 7 heteroatoms. The van der Waals surface area contributed by atoms with Crippen LogP contribution in [-0.4, -0.2) is 37.7 Å². The predicted molar refractivity (Wildman–Crippen MR) is 89.9 cm³/mol. The number of halogens is 2. The van der Waals surface area contributed by atoms with Crippen molar-refractivity contribution >= 4 is 11.2 Å². The van der Waals surface area contributed by atoms with Crippen molar-refractivity contribution in [1.29, 1.82) is 0 Å². The van der Waals surface area contributed by atoms with Crippen LogP contribution in [0, 0.1) is 11.6 Å². The minimum Gasteiger partial charge on any atom is -0.298 e. The van der Waals surface area contributed by atoms with E-state index in [1.807, 2.05) is 7.05 Å². The van der Waals surface area contributed by atoms with E-state index in [9.17, 15) is 8.78 Å². The van der Waals surface area contributed by atoms with Crippen molar-refractivity contribution in [3.63, 3.8) is 0 Å². The van der Waals surface area contributed by atoms with Crippen LogP contribution in [0.1, 0.15) is 30.0 Å². The summed E-state index contributed by atoms with van der Waals surface area (Å²) in [5.41, 5.74) is 3.24. The minimum atomic E-state index is -0.533. The van der Waals surface area contributed by atoms with Gasteiger partial charge in [-0.2, -0.15) is 5.10 Å². The van der Waals surface area contributed by atoms with Crippen molar-refractivity contribution in [2.75, 3.05) is 13.1 Å². The molecule has 0 amide bonds. The van der Waals surface area contributed by atoms with E-state index in [-0.39, 0.29) is 5.92 Å². The summed E-state index contributed by atoms with van der Waals surface area (Å²) in [7, 11) is 1.87. The predicted octanol–water partition coefficient (Wildman–Crippen LogP) is 3.02. The lowest BCUT2D eigenvalue weighted by molar-refractivity contribution is 0.198. The lowest BCUT2D eigenvalue weighted by Gasteiger charge is -2.32. The highest BCUT2D eigenvalue weighted by atomic mass is 19.1. The molecule has 3 heterocycles. The third-order valence-electron chi connectivity index (χ3n) is 4.71. The number of benzene rings is 1. The Morgan fingerprint density at radius 1 is 1.12 bits per heavy atom. The standard InChI is InChI=1S/C18H19F2N5/c1-24-18-17(21-4-5-22-18)16(23-24)13-3-2-6-25(11-13)10-12-7-14(19)9-15(20)8-12/h4-5,7-9,13H,2-3,6,10-11H2,1H3/t13-/m1/s1. The third kappa shape index (κ3) is 3.24. The highest BCUT2D eigenvalue weighted by Gasteiger charge is 2.26. The van der Waals surface area contributed by atoms with Crippen molar-refractivity contribution in [2.45, 2.75) is 25.3 Å². The zero-order valence-corrected chi connectivity index (χ0v) is 14.0. The van der Waals surface area contributed by atoms with Crippen LogP contribution in [0.5, 0.6) is 0 Å². The summed E-state index contributed by atoms with van der Waals surface area (Å²) < 4.78 is 28.6. The molecule has 1 aliphatic rings. The summed E-state index contributed by atoms with van der Waals surface area (Å²) >= 11 is 0. The zero-order valence-electron chi connectivity index (χ0n) is 14.0. The molecule has 0 aliphatic carbocycles. The van der Waals surface area contributed by atoms with Gasteiger partial charge in [0, 0.05) is 44.5 Å². The fraction of sp³-hybridized carbons (Fsp3) is 0.389. The summed E-state index contributed by atoms with van der Waals surface area (Å²) in [5, 5.41) is 4.63. The average molecular weight is 343 g/mol. The number of aryl methyl sites for hydroxylation is 1. The van der Waals surface area contributed by atoms with Crippen LogP contribution in [0.15, 0.2) is 30.6 Å². The second kappa shape index (κ2) is 6.48. The van der Waals surface area contributed by atoms with E-state index >= 15 is 0 Å². The molecule has 0 spiro atoms. The SMILES string of the molecule is Cn1nc([C@@H]2CCCN(Cc3cc(F)cc(F)c3)C2)c2nccnc21. The number of piperidine rings is 1. The molecule has 1 aliphatic heterocycles. The smallest absolute Gasteiger partial charge is 0.176 e. The Morgan fingerprint density at radius 3 is 2.68 bits per heavy atom. The van der Waals surface area contributed by atoms with Crippen LogP contribution in [-0.2, 0) is 13.6 Å². The minimum absolute atomic E-state index is 0.243. The van der Waals surface area contributed by atoms with E-state index in [1.54, 1.807) is 17.1 Å². The van der Waals surface area contributed by atoms with Crippen molar-refractivity contribution < 1.29 is 8.78 Å². The number of hydrogen-bond acceptors (Lipinski definition) is 4. The topological polar surface area (TPSA) is 46.8 Å². The van der Waals surface area contributed by atoms with Crippen LogP contribution in [0.25, 0.3) is 11.2 Å². The number of fused-ring (bicyclic) bond motifs is 1. The molecule has 0 bridgehead atoms. The van der Waals surface area contributed by atoms with Crippen LogP contribution in [0.4, 0.5) is 8.78 Å². The van der Waals surface area contributed by atoms with Gasteiger partial charge < -0.3 is 0 Å². The van der Waals surface area contributed by atoms with E-state index < -0.39 is 11.6 Å². The van der Waals surface area contributed by atoms with Crippen LogP contribution < -0.4 is 0 Å². The molecule has 3 aromatic rings. The van der Waals surface area contributed by atoms with Crippen molar-refractivity contribution in [1.82, 2.24) is 24.6 Å². The maximum Gasteiger partial charge on any atom is 0.176 e. The Hall–Kier alpha value is -2.41. The fourth-order valence-electron chi connectivity index (χ4n) is 3.66. The molecule has 0 N–H and O–H groups in total. The Bertz CT molecular complexity index is 887. The molecule has 0 saturated carbocycles. The lowest BCUT2D eigenvalue weighted by Crippen LogP contribution is -2.34. The Balaban J connectivity index is 1.56. The van der Waals surface area contributed by atoms with Gasteiger partial charge in [-0.3, -0.25) is 4.90 Å². The normalized spacial score (nSPS) is 18.8. The molecule has 1 aromatic carbocycles. The van der Waals surface area contributed by atoms with E-state index in [0.717, 1.165) is 48.9 Å². The molecule has 130 valence electrons. The van der Waals surface area contributed by atoms with Gasteiger partial charge in [-0.15, -0.1) is 0 Å². The molecule has 1 saturated heterocycles. The molecule has 5 nitrogen and oxygen atoms in total. The van der Waals surface area contributed by atoms with E-state index in [2.05, 4.69) is 20.0 Å². The molecule has 25 heavy (non-hydrogen) atoms. The first-order valence-electron chi connectivity index (χ1n) is 8.41. The van der Waals surface area contributed by atoms with Gasteiger partial charge in [0.15, 0.2) is 5.65 Å². The van der Waals surface area contributed by atoms with Crippen molar-refractivity contribution in [2.24, 2.45) is 7.05 Å². The first-order valence-corrected chi connectivity index (χ1v) is 8.41. The van der Waals surface area contributed by atoms with Crippen LogP contribution in [0.2, 0.25) is 0 Å². The Morgan fingerprint density at radius 2 is 1.88 bits per heavy atom. The lowest BCUT2D eigenvalue weighted by atomic mass is 9.94. The largest absolute Gasteiger partial charge is 0.298 e. The van der Waals surface area contributed by atoms with E-state index in [4.69, 9.17) is 0 Å². The number of aromatic nitrogens is 4. The monoisotopic (exact) mass is 343 g/mol. The molecule has 4 rings (SSSR count). The van der Waals surface area contributed by atoms with Gasteiger partial charge in [-0.25, -0.2) is 23.4 Å². The maximum atomic E-state index is 13.4. The number of hydrogen-bond donors (Lipinski definition) is 0. The van der Waals surface area contributed by atoms with Gasteiger partial charge in [-0.1, -0.05) is 0 Å². The van der Waals surface area contributed by atoms with Gasteiger partial charge in [0.05, 0.1) is 5.69 Å². The van der Waals surface area contributed by atoms with Gasteiger partial charge in [0.1, 0.15) is 17.2 Å². The summed E-state index contributed by atoms with van der Waals surface area (Å²) in [4.78, 5) is 11.0. The third-order valence-corrected chi connectivity index (χ3v) is 4.71. The van der Waals surface area contributed by atoms with E-state index in [1.165, 1.54) is 12.1 Å². The maximum absolute atomic E-state index is 13.4. The zero-order chi connectivity index (χ0) is 17.4. The Kier molecular flexibility index (Phi) is 4.17. The van der Waals surface area contributed by atoms with Crippen LogP contribution >= 0.6 is 0 Å². The fourth-order valence-corrected chi connectivity index (χ4v) is 3.66. The van der Waals surface area contributed by atoms with Crippen molar-refractivity contribution in [3.8, 4) is 0 Å². The molecule has 0 unspecified atom stereocenters. The first kappa shape index (κ1) is 16.1. The molecular formula is C18H19F2N5. The van der Waals surface area contributed by atoms with E-state index in [0.29, 0.717) is 12.1 Å². The highest BCUT2D eigenvalue weighted by Crippen LogP contribution is 2.30. The van der Waals surface area contributed by atoms with Gasteiger partial charge in [0.25, 0.3) is 0 Å². The van der Waals surface area contributed by atoms with Crippen LogP contribution in [0.3, 0.4) is 0 Å². The van der Waals surface area contributed by atoms with Gasteiger partial charge in [0.2, 0.25) is 0 Å². The molecule has 0 radical (unpaired) electrons. The summed E-state index contributed by atoms with van der Waals surface area (Å²) in [6.07, 6.45) is 5.39. The summed E-state index contributed by atoms with van der Waals surface area (Å²) in [5.74, 6) is -0.823. The number of nitrogens with zero attached hydrogens (tertiary/aromatic N) is 5. The molecular weight excluding hydrogens is 324 g/mol. The number of likely N-dealkylation sites (tertiary alicyclic amines) is 1. The molecule has 2 aromatic heterocycles. The first-order chi connectivity index (χ1) is 12.1. The highest BCUT2D eigenvalue weighted by molar-refractivity contribution is 5.73. The quantitative estimate of drug-likeness (QED) is 0.733. The summed E-state index contributed by atoms with van der Waals surface area (Å²) in [6, 6.07) is 3.70. The Labute approximate surface area is 144 Å². The van der Waals surface area contributed by atoms with Gasteiger partial charge in [-0.05, 0) is 37.1 Å². The second-order valence-corrected chi connectivity index (χ2v) is 6.59. The number of rotatable bonds is 3. The van der Waals surface area contributed by atoms with Gasteiger partial charge >= 0.3 is 0 Å². The average Bonchev–Trinajstić information content (AvgIpc) is 2.92. The second-order valence-electron chi connectivity index (χ2n) is 6.59. The van der Waals surface area contributed by atoms with Crippen molar-refractivity contribution in [3.05, 3.63) is 53.5 Å². The molecule has 1 fully saturated rings. The molecule has 1 atom stereocenters. The summed E-state index contributed by atoms with van der Waals surface area (Å²) in [6.45, 7) is 2.23.